The van der Waals surface area contributed by atoms with Gasteiger partial charge in [-0.15, -0.1) is 0 Å². The normalized spacial score (nSPS) is 12.2. The predicted molar refractivity (Wildman–Crippen MR) is 76.1 cm³/mol. The minimum absolute atomic E-state index is 0.0250. The summed E-state index contributed by atoms with van der Waals surface area (Å²) in [6, 6.07) is 12.3. The number of aryl methyl sites for hydroxylation is 1. The highest BCUT2D eigenvalue weighted by atomic mass is 15.2. The van der Waals surface area contributed by atoms with Gasteiger partial charge in [-0.3, -0.25) is 0 Å². The fourth-order valence-electron chi connectivity index (χ4n) is 1.96. The van der Waals surface area contributed by atoms with Gasteiger partial charge in [0.2, 0.25) is 0 Å². The van der Waals surface area contributed by atoms with Crippen LogP contribution in [0.25, 0.3) is 0 Å². The molecular formula is C15H19N3. The van der Waals surface area contributed by atoms with Crippen LogP contribution in [0.4, 0.5) is 11.5 Å². The molecule has 2 rings (SSSR count). The molecule has 2 aromatic rings. The molecular weight excluding hydrogens is 222 g/mol. The van der Waals surface area contributed by atoms with Crippen LogP contribution in [-0.2, 0) is 0 Å². The van der Waals surface area contributed by atoms with Crippen molar-refractivity contribution in [3.8, 4) is 0 Å². The van der Waals surface area contributed by atoms with Crippen molar-refractivity contribution < 1.29 is 0 Å². The monoisotopic (exact) mass is 241 g/mol. The molecule has 0 bridgehead atoms. The molecule has 18 heavy (non-hydrogen) atoms. The maximum absolute atomic E-state index is 5.91. The van der Waals surface area contributed by atoms with E-state index < -0.39 is 0 Å². The lowest BCUT2D eigenvalue weighted by atomic mass is 10.1. The Kier molecular flexibility index (Phi) is 3.63. The van der Waals surface area contributed by atoms with Gasteiger partial charge in [-0.25, -0.2) is 4.98 Å². The molecule has 0 saturated carbocycles. The van der Waals surface area contributed by atoms with Gasteiger partial charge in [0, 0.05) is 25.0 Å². The number of pyridine rings is 1. The summed E-state index contributed by atoms with van der Waals surface area (Å²) in [5, 5.41) is 0. The van der Waals surface area contributed by atoms with Crippen molar-refractivity contribution in [3.05, 3.63) is 53.7 Å². The van der Waals surface area contributed by atoms with E-state index in [0.29, 0.717) is 0 Å². The first-order valence-corrected chi connectivity index (χ1v) is 6.10. The molecule has 1 atom stereocenters. The highest BCUT2D eigenvalue weighted by Crippen LogP contribution is 2.26. The topological polar surface area (TPSA) is 42.1 Å². The second-order valence-corrected chi connectivity index (χ2v) is 4.58. The zero-order valence-electron chi connectivity index (χ0n) is 11.1. The van der Waals surface area contributed by atoms with Crippen molar-refractivity contribution in [3.63, 3.8) is 0 Å². The molecule has 1 heterocycles. The van der Waals surface area contributed by atoms with E-state index in [-0.39, 0.29) is 6.04 Å². The minimum atomic E-state index is 0.0250. The highest BCUT2D eigenvalue weighted by molar-refractivity contribution is 5.63. The van der Waals surface area contributed by atoms with Gasteiger partial charge in [0.15, 0.2) is 0 Å². The van der Waals surface area contributed by atoms with Crippen molar-refractivity contribution in [1.82, 2.24) is 4.98 Å². The number of benzene rings is 1. The molecule has 0 aliphatic carbocycles. The predicted octanol–water partition coefficient (Wildman–Crippen LogP) is 3.18. The minimum Gasteiger partial charge on any atom is -0.329 e. The Balaban J connectivity index is 2.37. The Morgan fingerprint density at radius 3 is 2.61 bits per heavy atom. The number of nitrogens with zero attached hydrogens (tertiary/aromatic N) is 2. The van der Waals surface area contributed by atoms with E-state index in [1.165, 1.54) is 5.56 Å². The van der Waals surface area contributed by atoms with Crippen LogP contribution >= 0.6 is 0 Å². The van der Waals surface area contributed by atoms with Crippen LogP contribution in [0.1, 0.15) is 24.1 Å². The first-order chi connectivity index (χ1) is 8.59. The van der Waals surface area contributed by atoms with Crippen molar-refractivity contribution in [2.24, 2.45) is 5.73 Å². The number of para-hydroxylation sites is 1. The van der Waals surface area contributed by atoms with Crippen LogP contribution in [-0.4, -0.2) is 12.0 Å². The standard InChI is InChI=1S/C15H19N3/c1-11-6-4-5-7-14(11)18(3)15-10-13(12(2)16)8-9-17-15/h4-10,12H,16H2,1-3H3/t12-/m0/s1. The maximum atomic E-state index is 5.91. The highest BCUT2D eigenvalue weighted by Gasteiger charge is 2.09. The van der Waals surface area contributed by atoms with Gasteiger partial charge in [-0.2, -0.15) is 0 Å². The lowest BCUT2D eigenvalue weighted by Gasteiger charge is -2.21. The summed E-state index contributed by atoms with van der Waals surface area (Å²) < 4.78 is 0. The number of nitrogens with two attached hydrogens (primary N) is 1. The Bertz CT molecular complexity index is 535. The molecule has 0 unspecified atom stereocenters. The Morgan fingerprint density at radius 1 is 1.22 bits per heavy atom. The molecule has 0 saturated heterocycles. The summed E-state index contributed by atoms with van der Waals surface area (Å²) in [6.07, 6.45) is 1.81. The Hall–Kier alpha value is -1.87. The van der Waals surface area contributed by atoms with Gasteiger partial charge in [0.05, 0.1) is 0 Å². The zero-order valence-corrected chi connectivity index (χ0v) is 11.1. The van der Waals surface area contributed by atoms with Crippen molar-refractivity contribution in [1.29, 1.82) is 0 Å². The summed E-state index contributed by atoms with van der Waals surface area (Å²) in [5.74, 6) is 0.916. The Labute approximate surface area is 108 Å². The second-order valence-electron chi connectivity index (χ2n) is 4.58. The van der Waals surface area contributed by atoms with Crippen LogP contribution in [0.15, 0.2) is 42.6 Å². The molecule has 2 N–H and O–H groups in total. The third kappa shape index (κ3) is 2.51. The fourth-order valence-corrected chi connectivity index (χ4v) is 1.96. The molecule has 0 spiro atoms. The second kappa shape index (κ2) is 5.19. The van der Waals surface area contributed by atoms with Crippen molar-refractivity contribution in [2.45, 2.75) is 19.9 Å². The van der Waals surface area contributed by atoms with Crippen LogP contribution in [0, 0.1) is 6.92 Å². The smallest absolute Gasteiger partial charge is 0.132 e. The average molecular weight is 241 g/mol. The van der Waals surface area contributed by atoms with Crippen LogP contribution in [0.5, 0.6) is 0 Å². The molecule has 0 fully saturated rings. The van der Waals surface area contributed by atoms with Crippen molar-refractivity contribution in [2.75, 3.05) is 11.9 Å². The number of hydrogen-bond donors (Lipinski definition) is 1. The molecule has 3 heteroatoms. The SMILES string of the molecule is Cc1ccccc1N(C)c1cc([C@H](C)N)ccn1. The maximum Gasteiger partial charge on any atom is 0.132 e. The number of hydrogen-bond acceptors (Lipinski definition) is 3. The first-order valence-electron chi connectivity index (χ1n) is 6.10. The van der Waals surface area contributed by atoms with E-state index in [9.17, 15) is 0 Å². The summed E-state index contributed by atoms with van der Waals surface area (Å²) in [7, 11) is 2.02. The van der Waals surface area contributed by atoms with Gasteiger partial charge in [-0.05, 0) is 43.2 Å². The molecule has 1 aromatic heterocycles. The van der Waals surface area contributed by atoms with Gasteiger partial charge < -0.3 is 10.6 Å². The third-order valence-corrected chi connectivity index (χ3v) is 3.12. The molecule has 3 nitrogen and oxygen atoms in total. The van der Waals surface area contributed by atoms with Crippen LogP contribution in [0.2, 0.25) is 0 Å². The number of aromatic nitrogens is 1. The van der Waals surface area contributed by atoms with Crippen LogP contribution in [0.3, 0.4) is 0 Å². The number of rotatable bonds is 3. The summed E-state index contributed by atoms with van der Waals surface area (Å²) in [4.78, 5) is 6.49. The Morgan fingerprint density at radius 2 is 1.94 bits per heavy atom. The zero-order chi connectivity index (χ0) is 13.1. The van der Waals surface area contributed by atoms with E-state index in [1.807, 2.05) is 44.4 Å². The van der Waals surface area contributed by atoms with Gasteiger partial charge in [0.1, 0.15) is 5.82 Å². The lowest BCUT2D eigenvalue weighted by molar-refractivity contribution is 0.814. The van der Waals surface area contributed by atoms with Crippen molar-refractivity contribution >= 4 is 11.5 Å². The average Bonchev–Trinajstić information content (AvgIpc) is 2.38. The van der Waals surface area contributed by atoms with E-state index in [0.717, 1.165) is 17.1 Å². The first kappa shape index (κ1) is 12.6. The summed E-state index contributed by atoms with van der Waals surface area (Å²) in [5.41, 5.74) is 9.39. The van der Waals surface area contributed by atoms with E-state index >= 15 is 0 Å². The molecule has 0 radical (unpaired) electrons. The van der Waals surface area contributed by atoms with Gasteiger partial charge in [0.25, 0.3) is 0 Å². The summed E-state index contributed by atoms with van der Waals surface area (Å²) >= 11 is 0. The molecule has 94 valence electrons. The molecule has 0 amide bonds. The fraction of sp³-hybridized carbons (Fsp3) is 0.267. The van der Waals surface area contributed by atoms with Crippen LogP contribution < -0.4 is 10.6 Å². The summed E-state index contributed by atoms with van der Waals surface area (Å²) in [6.45, 7) is 4.08. The molecule has 0 aliphatic rings. The van der Waals surface area contributed by atoms with E-state index in [1.54, 1.807) is 0 Å². The third-order valence-electron chi connectivity index (χ3n) is 3.12. The largest absolute Gasteiger partial charge is 0.329 e. The number of anilines is 2. The van der Waals surface area contributed by atoms with Gasteiger partial charge in [-0.1, -0.05) is 18.2 Å². The molecule has 0 aliphatic heterocycles. The van der Waals surface area contributed by atoms with Gasteiger partial charge >= 0.3 is 0 Å². The molecule has 1 aromatic carbocycles. The van der Waals surface area contributed by atoms with E-state index in [4.69, 9.17) is 5.73 Å². The lowest BCUT2D eigenvalue weighted by Crippen LogP contribution is -2.14. The quantitative estimate of drug-likeness (QED) is 0.897. The van der Waals surface area contributed by atoms with E-state index in [2.05, 4.69) is 28.9 Å².